The van der Waals surface area contributed by atoms with Gasteiger partial charge in [-0.05, 0) is 131 Å². The molecule has 0 aliphatic rings. The number of benzene rings is 5. The van der Waals surface area contributed by atoms with Crippen LogP contribution in [0.4, 0.5) is 0 Å². The third-order valence-corrected chi connectivity index (χ3v) is 8.55. The highest BCUT2D eigenvalue weighted by molar-refractivity contribution is 5.90. The minimum atomic E-state index is 0.496. The molecule has 0 saturated heterocycles. The highest BCUT2D eigenvalue weighted by atomic mass is 16.5. The van der Waals surface area contributed by atoms with Gasteiger partial charge in [-0.1, -0.05) is 124 Å². The molecule has 2 heteroatoms. The first kappa shape index (κ1) is 34.5. The smallest absolute Gasteiger partial charge is 0.119 e. The monoisotopic (exact) mass is 634 g/mol. The van der Waals surface area contributed by atoms with Crippen molar-refractivity contribution in [3.05, 3.63) is 143 Å². The van der Waals surface area contributed by atoms with E-state index >= 15 is 0 Å². The minimum Gasteiger partial charge on any atom is -0.493 e. The predicted molar refractivity (Wildman–Crippen MR) is 207 cm³/mol. The lowest BCUT2D eigenvalue weighted by Gasteiger charge is -2.15. The molecule has 2 nitrogen and oxygen atoms in total. The molecule has 0 saturated carbocycles. The summed E-state index contributed by atoms with van der Waals surface area (Å²) in [5.41, 5.74) is 14.6. The quantitative estimate of drug-likeness (QED) is 0.127. The highest BCUT2D eigenvalue weighted by Crippen LogP contribution is 2.34. The second-order valence-corrected chi connectivity index (χ2v) is 13.9. The lowest BCUT2D eigenvalue weighted by Crippen LogP contribution is -2.04. The highest BCUT2D eigenvalue weighted by Gasteiger charge is 2.11. The van der Waals surface area contributed by atoms with Crippen molar-refractivity contribution in [2.24, 2.45) is 11.8 Å². The molecule has 0 aliphatic carbocycles. The van der Waals surface area contributed by atoms with E-state index in [9.17, 15) is 0 Å². The molecule has 5 aromatic rings. The molecule has 0 bridgehead atoms. The summed E-state index contributed by atoms with van der Waals surface area (Å²) in [7, 11) is 0. The van der Waals surface area contributed by atoms with Crippen molar-refractivity contribution in [1.29, 1.82) is 0 Å². The van der Waals surface area contributed by atoms with Crippen molar-refractivity contribution in [2.75, 3.05) is 13.2 Å². The maximum atomic E-state index is 5.93. The van der Waals surface area contributed by atoms with E-state index in [1.54, 1.807) is 0 Å². The molecule has 0 atom stereocenters. The van der Waals surface area contributed by atoms with Gasteiger partial charge in [0.2, 0.25) is 0 Å². The molecule has 0 aromatic heterocycles. The Kier molecular flexibility index (Phi) is 11.4. The molecular formula is C46H50O2. The average molecular weight is 635 g/mol. The van der Waals surface area contributed by atoms with Crippen molar-refractivity contribution < 1.29 is 9.47 Å². The van der Waals surface area contributed by atoms with Crippen LogP contribution in [0, 0.1) is 25.7 Å². The summed E-state index contributed by atoms with van der Waals surface area (Å²) in [5.74, 6) is 2.82. The summed E-state index contributed by atoms with van der Waals surface area (Å²) in [6, 6.07) is 39.3. The third kappa shape index (κ3) is 9.16. The number of allylic oxidation sites excluding steroid dienone is 2. The van der Waals surface area contributed by atoms with Crippen LogP contribution in [0.2, 0.25) is 0 Å². The van der Waals surface area contributed by atoms with E-state index in [0.717, 1.165) is 24.7 Å². The van der Waals surface area contributed by atoms with Crippen LogP contribution < -0.4 is 9.47 Å². The normalized spacial score (nSPS) is 12.1. The zero-order chi connectivity index (χ0) is 34.2. The van der Waals surface area contributed by atoms with Crippen molar-refractivity contribution >= 4 is 23.3 Å². The molecule has 246 valence electrons. The Morgan fingerprint density at radius 3 is 1.40 bits per heavy atom. The van der Waals surface area contributed by atoms with Gasteiger partial charge in [-0.15, -0.1) is 0 Å². The Morgan fingerprint density at radius 1 is 0.521 bits per heavy atom. The van der Waals surface area contributed by atoms with Crippen LogP contribution in [0.25, 0.3) is 45.6 Å². The predicted octanol–water partition coefficient (Wildman–Crippen LogP) is 12.8. The molecule has 0 aliphatic heterocycles. The summed E-state index contributed by atoms with van der Waals surface area (Å²) in [5, 5.41) is 0. The summed E-state index contributed by atoms with van der Waals surface area (Å²) in [6.07, 6.45) is 4.62. The van der Waals surface area contributed by atoms with Crippen molar-refractivity contribution in [3.63, 3.8) is 0 Å². The molecule has 0 N–H and O–H groups in total. The van der Waals surface area contributed by atoms with Gasteiger partial charge in [-0.3, -0.25) is 0 Å². The topological polar surface area (TPSA) is 18.5 Å². The number of hydrogen-bond acceptors (Lipinski definition) is 2. The van der Waals surface area contributed by atoms with Crippen molar-refractivity contribution in [1.82, 2.24) is 0 Å². The van der Waals surface area contributed by atoms with E-state index in [2.05, 4.69) is 177 Å². The van der Waals surface area contributed by atoms with Crippen LogP contribution in [0.1, 0.15) is 74.9 Å². The molecule has 0 unspecified atom stereocenters. The lowest BCUT2D eigenvalue weighted by atomic mass is 9.90. The zero-order valence-corrected chi connectivity index (χ0v) is 29.9. The largest absolute Gasteiger partial charge is 0.493 e. The van der Waals surface area contributed by atoms with E-state index in [4.69, 9.17) is 9.47 Å². The van der Waals surface area contributed by atoms with E-state index in [1.807, 2.05) is 0 Å². The van der Waals surface area contributed by atoms with Gasteiger partial charge in [0.1, 0.15) is 11.5 Å². The SMILES string of the molecule is C/C(=C/c1cc(-c2ccc(-c3ccc(C)cc3)cc2)c(/C=C(\C)c2ccc(OCC(C)C)cc2)cc1C)c1ccc(OCC(C)C)cc1. The van der Waals surface area contributed by atoms with Crippen LogP contribution in [-0.2, 0) is 0 Å². The molecule has 5 rings (SSSR count). The van der Waals surface area contributed by atoms with Crippen molar-refractivity contribution in [2.45, 2.75) is 55.4 Å². The Bertz CT molecular complexity index is 1850. The molecule has 0 spiro atoms. The van der Waals surface area contributed by atoms with Crippen LogP contribution >= 0.6 is 0 Å². The first-order valence-electron chi connectivity index (χ1n) is 17.2. The first-order chi connectivity index (χ1) is 23.0. The van der Waals surface area contributed by atoms with Gasteiger partial charge in [-0.2, -0.15) is 0 Å². The molecular weight excluding hydrogens is 585 g/mol. The van der Waals surface area contributed by atoms with Crippen LogP contribution in [-0.4, -0.2) is 13.2 Å². The van der Waals surface area contributed by atoms with Gasteiger partial charge in [0.05, 0.1) is 13.2 Å². The Hall–Kier alpha value is -4.82. The number of ether oxygens (including phenoxy) is 2. The molecule has 0 radical (unpaired) electrons. The van der Waals surface area contributed by atoms with E-state index in [-0.39, 0.29) is 0 Å². The number of rotatable bonds is 12. The van der Waals surface area contributed by atoms with Crippen molar-refractivity contribution in [3.8, 4) is 33.8 Å². The van der Waals surface area contributed by atoms with Gasteiger partial charge in [-0.25, -0.2) is 0 Å². The first-order valence-corrected chi connectivity index (χ1v) is 17.2. The second kappa shape index (κ2) is 15.8. The van der Waals surface area contributed by atoms with Gasteiger partial charge >= 0.3 is 0 Å². The minimum absolute atomic E-state index is 0.496. The number of hydrogen-bond donors (Lipinski definition) is 0. The maximum Gasteiger partial charge on any atom is 0.119 e. The average Bonchev–Trinajstić information content (AvgIpc) is 3.08. The van der Waals surface area contributed by atoms with E-state index in [0.29, 0.717) is 11.8 Å². The third-order valence-electron chi connectivity index (χ3n) is 8.55. The molecule has 0 fully saturated rings. The summed E-state index contributed by atoms with van der Waals surface area (Å²) in [6.45, 7) is 18.8. The fourth-order valence-corrected chi connectivity index (χ4v) is 5.65. The maximum absolute atomic E-state index is 5.93. The fourth-order valence-electron chi connectivity index (χ4n) is 5.65. The van der Waals surface area contributed by atoms with Crippen LogP contribution in [0.15, 0.2) is 109 Å². The van der Waals surface area contributed by atoms with Gasteiger partial charge in [0.25, 0.3) is 0 Å². The number of aryl methyl sites for hydroxylation is 2. The summed E-state index contributed by atoms with van der Waals surface area (Å²) in [4.78, 5) is 0. The second-order valence-electron chi connectivity index (χ2n) is 13.9. The zero-order valence-electron chi connectivity index (χ0n) is 29.9. The van der Waals surface area contributed by atoms with Crippen LogP contribution in [0.5, 0.6) is 11.5 Å². The molecule has 0 amide bonds. The molecule has 48 heavy (non-hydrogen) atoms. The Labute approximate surface area is 288 Å². The summed E-state index contributed by atoms with van der Waals surface area (Å²) >= 11 is 0. The van der Waals surface area contributed by atoms with Gasteiger partial charge in [0, 0.05) is 0 Å². The lowest BCUT2D eigenvalue weighted by molar-refractivity contribution is 0.271. The van der Waals surface area contributed by atoms with E-state index in [1.165, 1.54) is 66.8 Å². The Morgan fingerprint density at radius 2 is 0.938 bits per heavy atom. The van der Waals surface area contributed by atoms with Gasteiger partial charge in [0.15, 0.2) is 0 Å². The molecule has 5 aromatic carbocycles. The van der Waals surface area contributed by atoms with Crippen LogP contribution in [0.3, 0.4) is 0 Å². The van der Waals surface area contributed by atoms with Gasteiger partial charge < -0.3 is 9.47 Å². The van der Waals surface area contributed by atoms with E-state index < -0.39 is 0 Å². The fraction of sp³-hybridized carbons (Fsp3) is 0.261. The standard InChI is InChI=1S/C46H50O2/c1-31(2)29-47-44-21-17-37(18-22-44)34(6)25-42-28-46(41-15-13-40(14-16-41)39-11-9-33(5)10-12-39)43(27-36(42)8)26-35(7)38-19-23-45(24-20-38)48-30-32(3)4/h9-28,31-32H,29-30H2,1-8H3/b34-25-,35-26+. The molecule has 0 heterocycles. The Balaban J connectivity index is 1.51. The summed E-state index contributed by atoms with van der Waals surface area (Å²) < 4.78 is 11.8.